The zero-order valence-electron chi connectivity index (χ0n) is 23.0. The fraction of sp³-hybridized carbons (Fsp3) is 0.387. The maximum absolute atomic E-state index is 13.1. The minimum atomic E-state index is -0.145. The van der Waals surface area contributed by atoms with Crippen molar-refractivity contribution in [1.82, 2.24) is 15.2 Å². The van der Waals surface area contributed by atoms with Gasteiger partial charge < -0.3 is 25.0 Å². The number of amides is 1. The third kappa shape index (κ3) is 6.94. The van der Waals surface area contributed by atoms with Crippen LogP contribution in [0.25, 0.3) is 22.0 Å². The van der Waals surface area contributed by atoms with Gasteiger partial charge in [-0.05, 0) is 62.4 Å². The number of carbonyl (C=O) groups excluding carboxylic acids is 1. The summed E-state index contributed by atoms with van der Waals surface area (Å²) in [4.78, 5) is 20.2. The van der Waals surface area contributed by atoms with E-state index in [-0.39, 0.29) is 11.9 Å². The largest absolute Gasteiger partial charge is 0.495 e. The number of anilines is 1. The summed E-state index contributed by atoms with van der Waals surface area (Å²) in [5, 5.41) is 17.5. The highest BCUT2D eigenvalue weighted by molar-refractivity contribution is 5.99. The monoisotopic (exact) mass is 527 g/mol. The number of nitriles is 1. The molecule has 1 aliphatic carbocycles. The summed E-state index contributed by atoms with van der Waals surface area (Å²) in [6.45, 7) is 5.73. The summed E-state index contributed by atoms with van der Waals surface area (Å²) in [6, 6.07) is 18.2. The predicted molar refractivity (Wildman–Crippen MR) is 155 cm³/mol. The Morgan fingerprint density at radius 2 is 1.92 bits per heavy atom. The van der Waals surface area contributed by atoms with Crippen LogP contribution in [0.4, 0.5) is 5.69 Å². The SMILES string of the molecule is C=C(C#N)CNc1c(OC)ccc2ccc(-c3cccc(C(=O)N[C@H]4CC[C@@H](N(C)CCOC)CC4)n3)cc12. The number of methoxy groups -OCH3 is 2. The molecular weight excluding hydrogens is 490 g/mol. The molecule has 0 spiro atoms. The number of rotatable bonds is 11. The number of nitrogens with zero attached hydrogens (tertiary/aromatic N) is 3. The van der Waals surface area contributed by atoms with Gasteiger partial charge >= 0.3 is 0 Å². The molecule has 3 aromatic rings. The van der Waals surface area contributed by atoms with Gasteiger partial charge in [0.25, 0.3) is 5.91 Å². The minimum Gasteiger partial charge on any atom is -0.495 e. The first kappa shape index (κ1) is 28.1. The Morgan fingerprint density at radius 1 is 1.15 bits per heavy atom. The number of fused-ring (bicyclic) bond motifs is 1. The summed E-state index contributed by atoms with van der Waals surface area (Å²) in [7, 11) is 5.49. The van der Waals surface area contributed by atoms with Gasteiger partial charge in [-0.15, -0.1) is 0 Å². The van der Waals surface area contributed by atoms with Crippen molar-refractivity contribution in [2.45, 2.75) is 37.8 Å². The zero-order chi connectivity index (χ0) is 27.8. The van der Waals surface area contributed by atoms with E-state index in [1.165, 1.54) is 0 Å². The van der Waals surface area contributed by atoms with Gasteiger partial charge in [-0.2, -0.15) is 5.26 Å². The van der Waals surface area contributed by atoms with E-state index in [1.807, 2.05) is 42.5 Å². The molecule has 0 radical (unpaired) electrons. The molecule has 204 valence electrons. The number of carbonyl (C=O) groups is 1. The molecule has 8 nitrogen and oxygen atoms in total. The smallest absolute Gasteiger partial charge is 0.270 e. The number of likely N-dealkylation sites (N-methyl/N-ethyl adjacent to an activating group) is 1. The summed E-state index contributed by atoms with van der Waals surface area (Å²) >= 11 is 0. The number of aromatic nitrogens is 1. The van der Waals surface area contributed by atoms with Crippen molar-refractivity contribution < 1.29 is 14.3 Å². The molecule has 1 saturated carbocycles. The quantitative estimate of drug-likeness (QED) is 0.338. The molecule has 0 unspecified atom stereocenters. The van der Waals surface area contributed by atoms with Gasteiger partial charge in [0.05, 0.1) is 31.2 Å². The van der Waals surface area contributed by atoms with Crippen LogP contribution in [0.1, 0.15) is 36.2 Å². The van der Waals surface area contributed by atoms with E-state index in [1.54, 1.807) is 20.3 Å². The van der Waals surface area contributed by atoms with Crippen molar-refractivity contribution in [3.8, 4) is 23.1 Å². The molecule has 1 fully saturated rings. The van der Waals surface area contributed by atoms with E-state index in [2.05, 4.69) is 35.2 Å². The number of pyridine rings is 1. The van der Waals surface area contributed by atoms with E-state index in [4.69, 9.17) is 19.7 Å². The van der Waals surface area contributed by atoms with Crippen molar-refractivity contribution in [2.75, 3.05) is 46.3 Å². The summed E-state index contributed by atoms with van der Waals surface area (Å²) in [6.07, 6.45) is 4.01. The van der Waals surface area contributed by atoms with Crippen LogP contribution in [0.15, 0.2) is 60.7 Å². The van der Waals surface area contributed by atoms with Gasteiger partial charge in [0.2, 0.25) is 0 Å². The van der Waals surface area contributed by atoms with Crippen molar-refractivity contribution >= 4 is 22.4 Å². The average molecular weight is 528 g/mol. The Labute approximate surface area is 230 Å². The van der Waals surface area contributed by atoms with E-state index in [0.717, 1.165) is 60.9 Å². The van der Waals surface area contributed by atoms with Crippen LogP contribution in [0.5, 0.6) is 5.75 Å². The van der Waals surface area contributed by atoms with Crippen molar-refractivity contribution in [2.24, 2.45) is 0 Å². The molecule has 0 bridgehead atoms. The van der Waals surface area contributed by atoms with Crippen LogP contribution >= 0.6 is 0 Å². The molecule has 1 aromatic heterocycles. The van der Waals surface area contributed by atoms with Gasteiger partial charge in [-0.1, -0.05) is 30.8 Å². The maximum Gasteiger partial charge on any atom is 0.270 e. The fourth-order valence-electron chi connectivity index (χ4n) is 5.11. The Hall–Kier alpha value is -3.93. The number of hydrogen-bond acceptors (Lipinski definition) is 7. The molecule has 0 atom stereocenters. The highest BCUT2D eigenvalue weighted by Gasteiger charge is 2.25. The van der Waals surface area contributed by atoms with Crippen molar-refractivity contribution in [1.29, 1.82) is 5.26 Å². The highest BCUT2D eigenvalue weighted by atomic mass is 16.5. The van der Waals surface area contributed by atoms with Crippen LogP contribution in [0.2, 0.25) is 0 Å². The van der Waals surface area contributed by atoms with Crippen LogP contribution in [-0.4, -0.2) is 68.8 Å². The molecule has 2 aromatic carbocycles. The molecule has 4 rings (SSSR count). The van der Waals surface area contributed by atoms with Gasteiger partial charge in [-0.3, -0.25) is 4.79 Å². The number of ether oxygens (including phenoxy) is 2. The van der Waals surface area contributed by atoms with E-state index in [9.17, 15) is 4.79 Å². The molecule has 1 heterocycles. The van der Waals surface area contributed by atoms with E-state index >= 15 is 0 Å². The molecule has 2 N–H and O–H groups in total. The highest BCUT2D eigenvalue weighted by Crippen LogP contribution is 2.35. The standard InChI is InChI=1S/C31H37N5O3/c1-21(19-32)20-33-30-26-18-23(9-8-22(26)10-15-29(30)39-4)27-6-5-7-28(35-27)31(37)34-24-11-13-25(14-12-24)36(2)16-17-38-3/h5-10,15,18,24-25,33H,1,11-14,16-17,20H2,2-4H3,(H,34,37)/t24-,25+. The summed E-state index contributed by atoms with van der Waals surface area (Å²) < 4.78 is 10.8. The molecule has 1 amide bonds. The lowest BCUT2D eigenvalue weighted by Gasteiger charge is -2.34. The number of nitrogens with one attached hydrogen (secondary N) is 2. The third-order valence-corrected chi connectivity index (χ3v) is 7.42. The first-order valence-electron chi connectivity index (χ1n) is 13.3. The molecule has 1 aliphatic rings. The van der Waals surface area contributed by atoms with E-state index < -0.39 is 0 Å². The summed E-state index contributed by atoms with van der Waals surface area (Å²) in [5.74, 6) is 0.527. The van der Waals surface area contributed by atoms with Crippen LogP contribution in [0.3, 0.4) is 0 Å². The lowest BCUT2D eigenvalue weighted by Crippen LogP contribution is -2.43. The Balaban J connectivity index is 1.49. The van der Waals surface area contributed by atoms with Gasteiger partial charge in [0.1, 0.15) is 11.4 Å². The first-order valence-corrected chi connectivity index (χ1v) is 13.3. The second-order valence-electron chi connectivity index (χ2n) is 10.0. The molecular formula is C31H37N5O3. The zero-order valence-corrected chi connectivity index (χ0v) is 23.0. The van der Waals surface area contributed by atoms with Crippen molar-refractivity contribution in [3.63, 3.8) is 0 Å². The maximum atomic E-state index is 13.1. The Bertz CT molecular complexity index is 1360. The van der Waals surface area contributed by atoms with Crippen LogP contribution < -0.4 is 15.4 Å². The minimum absolute atomic E-state index is 0.145. The van der Waals surface area contributed by atoms with Crippen LogP contribution in [0, 0.1) is 11.3 Å². The third-order valence-electron chi connectivity index (χ3n) is 7.42. The first-order chi connectivity index (χ1) is 18.9. The topological polar surface area (TPSA) is 99.5 Å². The average Bonchev–Trinajstić information content (AvgIpc) is 2.98. The second-order valence-corrected chi connectivity index (χ2v) is 10.0. The lowest BCUT2D eigenvalue weighted by atomic mass is 9.90. The number of benzene rings is 2. The van der Waals surface area contributed by atoms with Crippen molar-refractivity contribution in [3.05, 3.63) is 66.4 Å². The van der Waals surface area contributed by atoms with Gasteiger partial charge in [0, 0.05) is 48.8 Å². The van der Waals surface area contributed by atoms with Crippen LogP contribution in [-0.2, 0) is 4.74 Å². The fourth-order valence-corrected chi connectivity index (χ4v) is 5.11. The lowest BCUT2D eigenvalue weighted by molar-refractivity contribution is 0.0891. The molecule has 0 aliphatic heterocycles. The number of hydrogen-bond donors (Lipinski definition) is 2. The second kappa shape index (κ2) is 13.2. The Kier molecular flexibility index (Phi) is 9.53. The van der Waals surface area contributed by atoms with Gasteiger partial charge in [0.15, 0.2) is 0 Å². The Morgan fingerprint density at radius 3 is 2.64 bits per heavy atom. The normalized spacial score (nSPS) is 17.0. The molecule has 39 heavy (non-hydrogen) atoms. The van der Waals surface area contributed by atoms with E-state index in [0.29, 0.717) is 35.3 Å². The molecule has 8 heteroatoms. The molecule has 0 saturated heterocycles. The summed E-state index contributed by atoms with van der Waals surface area (Å²) in [5.41, 5.74) is 3.21. The van der Waals surface area contributed by atoms with Gasteiger partial charge in [-0.25, -0.2) is 4.98 Å². The predicted octanol–water partition coefficient (Wildman–Crippen LogP) is 5.02.